The zero-order valence-electron chi connectivity index (χ0n) is 15.0. The first-order valence-electron chi connectivity index (χ1n) is 9.03. The Hall–Kier alpha value is -1.75. The molecule has 1 saturated heterocycles. The summed E-state index contributed by atoms with van der Waals surface area (Å²) in [5.41, 5.74) is 4.83. The number of carboxylic acid groups (broad SMARTS) is 1. The predicted molar refractivity (Wildman–Crippen MR) is 98.7 cm³/mol. The van der Waals surface area contributed by atoms with Gasteiger partial charge in [0.2, 0.25) is 5.95 Å². The van der Waals surface area contributed by atoms with Gasteiger partial charge in [0.1, 0.15) is 5.54 Å². The number of aliphatic carboxylic acids is 1. The van der Waals surface area contributed by atoms with Gasteiger partial charge in [-0.1, -0.05) is 12.8 Å². The van der Waals surface area contributed by atoms with Crippen molar-refractivity contribution in [3.8, 4) is 0 Å². The van der Waals surface area contributed by atoms with Gasteiger partial charge in [0, 0.05) is 45.1 Å². The minimum Gasteiger partial charge on any atom is -0.480 e. The Bertz CT molecular complexity index is 557. The lowest BCUT2D eigenvalue weighted by Gasteiger charge is -2.36. The molecule has 2 heterocycles. The second-order valence-electron chi connectivity index (χ2n) is 6.82. The molecule has 0 unspecified atom stereocenters. The van der Waals surface area contributed by atoms with Gasteiger partial charge in [0.05, 0.1) is 0 Å². The monoisotopic (exact) mass is 365 g/mol. The van der Waals surface area contributed by atoms with Gasteiger partial charge in [-0.05, 0) is 25.2 Å². The van der Waals surface area contributed by atoms with E-state index in [0.717, 1.165) is 32.1 Å². The van der Waals surface area contributed by atoms with Crippen molar-refractivity contribution in [1.29, 1.82) is 0 Å². The maximum Gasteiger partial charge on any atom is 0.451 e. The zero-order chi connectivity index (χ0) is 19.0. The maximum absolute atomic E-state index is 11.6. The average molecular weight is 365 g/mol. The Morgan fingerprint density at radius 2 is 1.81 bits per heavy atom. The molecule has 0 amide bonds. The number of nitrogens with two attached hydrogens (primary N) is 1. The molecule has 144 valence electrons. The summed E-state index contributed by atoms with van der Waals surface area (Å²) in [5, 5.41) is 27.2. The smallest absolute Gasteiger partial charge is 0.451 e. The number of hydrogen-bond acceptors (Lipinski definition) is 8. The molecule has 0 aliphatic carbocycles. The van der Waals surface area contributed by atoms with E-state index in [2.05, 4.69) is 19.8 Å². The fourth-order valence-electron chi connectivity index (χ4n) is 3.09. The van der Waals surface area contributed by atoms with E-state index in [9.17, 15) is 9.90 Å². The number of hydrogen-bond donors (Lipinski definition) is 4. The molecular weight excluding hydrogens is 337 g/mol. The topological polar surface area (TPSA) is 136 Å². The fourth-order valence-corrected chi connectivity index (χ4v) is 3.09. The van der Waals surface area contributed by atoms with Crippen LogP contribution in [0.25, 0.3) is 0 Å². The highest BCUT2D eigenvalue weighted by molar-refractivity contribution is 6.40. The van der Waals surface area contributed by atoms with E-state index < -0.39 is 18.6 Å². The predicted octanol–water partition coefficient (Wildman–Crippen LogP) is -0.586. The summed E-state index contributed by atoms with van der Waals surface area (Å²) < 4.78 is 0. The first-order valence-corrected chi connectivity index (χ1v) is 9.03. The molecule has 9 nitrogen and oxygen atoms in total. The third kappa shape index (κ3) is 6.20. The van der Waals surface area contributed by atoms with E-state index in [-0.39, 0.29) is 6.32 Å². The van der Waals surface area contributed by atoms with Crippen LogP contribution in [0.15, 0.2) is 18.5 Å². The number of anilines is 1. The standard InChI is InChI=1S/C16H28BN5O4/c18-16(14(23)24,4-1-2-6-17(25)26)5-9-21-10-12-22(13-11-21)15-19-7-3-8-20-15/h3,7-8,25-26H,1-2,4-6,9-13,18H2,(H,23,24)/t16-/m1/s1. The summed E-state index contributed by atoms with van der Waals surface area (Å²) >= 11 is 0. The average Bonchev–Trinajstić information content (AvgIpc) is 2.64. The minimum absolute atomic E-state index is 0.235. The molecule has 0 saturated carbocycles. The Balaban J connectivity index is 1.76. The molecule has 1 fully saturated rings. The molecule has 1 aliphatic heterocycles. The SMILES string of the molecule is N[C@](CCCCB(O)O)(CCN1CCN(c2ncccn2)CC1)C(=O)O. The van der Waals surface area contributed by atoms with E-state index in [4.69, 9.17) is 15.8 Å². The van der Waals surface area contributed by atoms with Crippen molar-refractivity contribution >= 4 is 19.0 Å². The van der Waals surface area contributed by atoms with Gasteiger partial charge in [-0.25, -0.2) is 9.97 Å². The van der Waals surface area contributed by atoms with Crippen LogP contribution in [0.2, 0.25) is 6.32 Å². The van der Waals surface area contributed by atoms with Gasteiger partial charge in [-0.15, -0.1) is 0 Å². The summed E-state index contributed by atoms with van der Waals surface area (Å²) in [6.07, 6.45) is 5.47. The van der Waals surface area contributed by atoms with Crippen molar-refractivity contribution in [2.45, 2.75) is 37.5 Å². The quantitative estimate of drug-likeness (QED) is 0.317. The number of piperazine rings is 1. The lowest BCUT2D eigenvalue weighted by molar-refractivity contribution is -0.144. The number of aromatic nitrogens is 2. The highest BCUT2D eigenvalue weighted by atomic mass is 16.4. The lowest BCUT2D eigenvalue weighted by atomic mass is 9.81. The van der Waals surface area contributed by atoms with Gasteiger partial charge in [-0.2, -0.15) is 0 Å². The van der Waals surface area contributed by atoms with Crippen LogP contribution in [0.3, 0.4) is 0 Å². The van der Waals surface area contributed by atoms with Crippen molar-refractivity contribution in [2.75, 3.05) is 37.6 Å². The van der Waals surface area contributed by atoms with Gasteiger partial charge in [-0.3, -0.25) is 9.69 Å². The van der Waals surface area contributed by atoms with Crippen LogP contribution in [0.5, 0.6) is 0 Å². The molecule has 1 aliphatic rings. The number of nitrogens with zero attached hydrogens (tertiary/aromatic N) is 4. The number of carboxylic acids is 1. The summed E-state index contributed by atoms with van der Waals surface area (Å²) in [5.74, 6) is -0.282. The molecular formula is C16H28BN5O4. The second-order valence-corrected chi connectivity index (χ2v) is 6.82. The van der Waals surface area contributed by atoms with Crippen molar-refractivity contribution in [3.63, 3.8) is 0 Å². The largest absolute Gasteiger partial charge is 0.480 e. The first-order chi connectivity index (χ1) is 12.4. The fraction of sp³-hybridized carbons (Fsp3) is 0.688. The third-order valence-corrected chi connectivity index (χ3v) is 4.84. The van der Waals surface area contributed by atoms with Crippen LogP contribution in [0.1, 0.15) is 25.7 Å². The molecule has 1 aromatic heterocycles. The molecule has 10 heteroatoms. The Morgan fingerprint density at radius 1 is 1.15 bits per heavy atom. The van der Waals surface area contributed by atoms with Crippen LogP contribution in [0.4, 0.5) is 5.95 Å². The molecule has 2 rings (SSSR count). The van der Waals surface area contributed by atoms with E-state index in [1.807, 2.05) is 0 Å². The molecule has 0 aromatic carbocycles. The second kappa shape index (κ2) is 9.82. The number of carbonyl (C=O) groups is 1. The van der Waals surface area contributed by atoms with Gasteiger partial charge >= 0.3 is 13.1 Å². The Morgan fingerprint density at radius 3 is 2.38 bits per heavy atom. The van der Waals surface area contributed by atoms with Crippen LogP contribution in [-0.4, -0.2) is 81.4 Å². The lowest BCUT2D eigenvalue weighted by Crippen LogP contribution is -2.52. The maximum atomic E-state index is 11.6. The van der Waals surface area contributed by atoms with Crippen LogP contribution >= 0.6 is 0 Å². The Labute approximate surface area is 154 Å². The number of rotatable bonds is 10. The summed E-state index contributed by atoms with van der Waals surface area (Å²) in [7, 11) is -1.35. The molecule has 0 spiro atoms. The van der Waals surface area contributed by atoms with E-state index in [1.165, 1.54) is 0 Å². The Kier molecular flexibility index (Phi) is 7.76. The van der Waals surface area contributed by atoms with E-state index >= 15 is 0 Å². The van der Waals surface area contributed by atoms with Crippen molar-refractivity contribution in [3.05, 3.63) is 18.5 Å². The van der Waals surface area contributed by atoms with Crippen LogP contribution in [0, 0.1) is 0 Å². The molecule has 0 radical (unpaired) electrons. The summed E-state index contributed by atoms with van der Waals surface area (Å²) in [4.78, 5) is 24.4. The van der Waals surface area contributed by atoms with Gasteiger partial charge < -0.3 is 25.8 Å². The molecule has 0 bridgehead atoms. The molecule has 1 aromatic rings. The van der Waals surface area contributed by atoms with E-state index in [1.54, 1.807) is 18.5 Å². The van der Waals surface area contributed by atoms with E-state index in [0.29, 0.717) is 32.2 Å². The summed E-state index contributed by atoms with van der Waals surface area (Å²) in [6.45, 7) is 3.83. The van der Waals surface area contributed by atoms with Gasteiger partial charge in [0.15, 0.2) is 0 Å². The van der Waals surface area contributed by atoms with Crippen molar-refractivity contribution in [2.24, 2.45) is 5.73 Å². The zero-order valence-corrected chi connectivity index (χ0v) is 15.0. The summed E-state index contributed by atoms with van der Waals surface area (Å²) in [6, 6.07) is 1.79. The van der Waals surface area contributed by atoms with Crippen LogP contribution in [-0.2, 0) is 4.79 Å². The highest BCUT2D eigenvalue weighted by Crippen LogP contribution is 2.19. The van der Waals surface area contributed by atoms with Gasteiger partial charge in [0.25, 0.3) is 0 Å². The number of unbranched alkanes of at least 4 members (excludes halogenated alkanes) is 1. The normalized spacial score (nSPS) is 17.7. The first kappa shape index (κ1) is 20.6. The van der Waals surface area contributed by atoms with Crippen LogP contribution < -0.4 is 10.6 Å². The van der Waals surface area contributed by atoms with Crippen molar-refractivity contribution < 1.29 is 19.9 Å². The molecule has 26 heavy (non-hydrogen) atoms. The third-order valence-electron chi connectivity index (χ3n) is 4.84. The molecule has 5 N–H and O–H groups in total. The minimum atomic E-state index is -1.35. The molecule has 1 atom stereocenters. The highest BCUT2D eigenvalue weighted by Gasteiger charge is 2.34. The van der Waals surface area contributed by atoms with Crippen molar-refractivity contribution in [1.82, 2.24) is 14.9 Å².